The Hall–Kier alpha value is -1.47. The van der Waals surface area contributed by atoms with Gasteiger partial charge in [-0.3, -0.25) is 5.41 Å². The smallest absolute Gasteiger partial charge is 0.241 e. The second-order valence-electron chi connectivity index (χ2n) is 3.95. The first-order valence-corrected chi connectivity index (χ1v) is 6.88. The molecule has 0 aliphatic carbocycles. The van der Waals surface area contributed by atoms with Crippen LogP contribution in [0, 0.1) is 18.2 Å². The Balaban J connectivity index is 3.14. The van der Waals surface area contributed by atoms with Crippen molar-refractivity contribution in [2.75, 3.05) is 0 Å². The minimum atomic E-state index is -3.88. The van der Waals surface area contributed by atoms with Gasteiger partial charge in [0.1, 0.15) is 11.7 Å². The number of sulfonamides is 1. The Morgan fingerprint density at radius 1 is 1.56 bits per heavy atom. The summed E-state index contributed by atoms with van der Waals surface area (Å²) in [7, 11) is -3.88. The molecule has 0 heterocycles. The molecule has 0 spiro atoms. The number of nitrogens with two attached hydrogens (primary N) is 1. The van der Waals surface area contributed by atoms with Crippen molar-refractivity contribution in [3.8, 4) is 0 Å². The number of hydrogen-bond donors (Lipinski definition) is 3. The molecule has 1 aromatic carbocycles. The topological polar surface area (TPSA) is 96.0 Å². The molecule has 0 saturated carbocycles. The maximum Gasteiger partial charge on any atom is 0.241 e. The Labute approximate surface area is 106 Å². The first kappa shape index (κ1) is 14.6. The molecule has 1 atom stereocenters. The van der Waals surface area contributed by atoms with Gasteiger partial charge in [0.2, 0.25) is 10.0 Å². The second kappa shape index (κ2) is 5.45. The van der Waals surface area contributed by atoms with E-state index < -0.39 is 21.9 Å². The predicted octanol–water partition coefficient (Wildman–Crippen LogP) is 1.13. The molecule has 1 unspecified atom stereocenters. The fourth-order valence-electron chi connectivity index (χ4n) is 1.48. The largest absolute Gasteiger partial charge is 0.386 e. The highest BCUT2D eigenvalue weighted by Crippen LogP contribution is 2.16. The number of rotatable bonds is 5. The summed E-state index contributed by atoms with van der Waals surface area (Å²) in [6.07, 6.45) is 0.350. The third-order valence-electron chi connectivity index (χ3n) is 2.52. The molecule has 1 aromatic rings. The normalized spacial score (nSPS) is 13.3. The lowest BCUT2D eigenvalue weighted by atomic mass is 10.2. The summed E-state index contributed by atoms with van der Waals surface area (Å²) < 4.78 is 39.5. The van der Waals surface area contributed by atoms with Gasteiger partial charge in [-0.05, 0) is 31.0 Å². The molecule has 1 rings (SSSR count). The van der Waals surface area contributed by atoms with Gasteiger partial charge in [0.15, 0.2) is 0 Å². The van der Waals surface area contributed by atoms with E-state index in [-0.39, 0.29) is 10.7 Å². The van der Waals surface area contributed by atoms with Gasteiger partial charge in [0.25, 0.3) is 0 Å². The van der Waals surface area contributed by atoms with E-state index in [9.17, 15) is 12.8 Å². The van der Waals surface area contributed by atoms with Gasteiger partial charge >= 0.3 is 0 Å². The van der Waals surface area contributed by atoms with E-state index in [1.54, 1.807) is 13.8 Å². The van der Waals surface area contributed by atoms with Crippen molar-refractivity contribution >= 4 is 15.9 Å². The van der Waals surface area contributed by atoms with Crippen LogP contribution in [0.25, 0.3) is 0 Å². The van der Waals surface area contributed by atoms with Gasteiger partial charge in [0.05, 0.1) is 10.9 Å². The summed E-state index contributed by atoms with van der Waals surface area (Å²) in [6, 6.07) is 2.75. The van der Waals surface area contributed by atoms with Crippen LogP contribution in [0.15, 0.2) is 23.1 Å². The standard InChI is InChI=1S/C11H16FN3O2S/c1-3-9(11(13)14)15-18(16,17)10-6-8(12)5-4-7(10)2/h4-6,9,15H,3H2,1-2H3,(H3,13,14). The van der Waals surface area contributed by atoms with Crippen molar-refractivity contribution in [2.24, 2.45) is 5.73 Å². The van der Waals surface area contributed by atoms with Crippen LogP contribution < -0.4 is 10.5 Å². The van der Waals surface area contributed by atoms with Crippen molar-refractivity contribution in [1.29, 1.82) is 5.41 Å². The van der Waals surface area contributed by atoms with E-state index >= 15 is 0 Å². The van der Waals surface area contributed by atoms with Gasteiger partial charge in [0, 0.05) is 0 Å². The Bertz CT molecular complexity index is 557. The van der Waals surface area contributed by atoms with Crippen molar-refractivity contribution < 1.29 is 12.8 Å². The summed E-state index contributed by atoms with van der Waals surface area (Å²) in [5.41, 5.74) is 5.72. The summed E-state index contributed by atoms with van der Waals surface area (Å²) in [5.74, 6) is -0.896. The van der Waals surface area contributed by atoms with Gasteiger partial charge in [-0.2, -0.15) is 0 Å². The minimum Gasteiger partial charge on any atom is -0.386 e. The van der Waals surface area contributed by atoms with E-state index in [0.717, 1.165) is 6.07 Å². The minimum absolute atomic E-state index is 0.137. The molecule has 0 aromatic heterocycles. The number of hydrogen-bond acceptors (Lipinski definition) is 3. The monoisotopic (exact) mass is 273 g/mol. The van der Waals surface area contributed by atoms with Crippen LogP contribution in [-0.4, -0.2) is 20.3 Å². The maximum atomic E-state index is 13.1. The van der Waals surface area contributed by atoms with Crippen LogP contribution in [-0.2, 0) is 10.0 Å². The molecule has 0 bridgehead atoms. The fourth-order valence-corrected chi connectivity index (χ4v) is 3.04. The molecule has 100 valence electrons. The average Bonchev–Trinajstić information content (AvgIpc) is 2.28. The van der Waals surface area contributed by atoms with E-state index in [1.165, 1.54) is 12.1 Å². The highest BCUT2D eigenvalue weighted by Gasteiger charge is 2.22. The Kier molecular flexibility index (Phi) is 4.42. The number of aryl methyl sites for hydroxylation is 1. The van der Waals surface area contributed by atoms with Crippen molar-refractivity contribution in [3.05, 3.63) is 29.6 Å². The molecule has 18 heavy (non-hydrogen) atoms. The summed E-state index contributed by atoms with van der Waals surface area (Å²) in [4.78, 5) is -0.137. The molecule has 5 nitrogen and oxygen atoms in total. The molecule has 0 amide bonds. The van der Waals surface area contributed by atoms with Gasteiger partial charge in [-0.15, -0.1) is 0 Å². The summed E-state index contributed by atoms with van der Waals surface area (Å²) in [6.45, 7) is 3.27. The van der Waals surface area contributed by atoms with E-state index in [4.69, 9.17) is 11.1 Å². The highest BCUT2D eigenvalue weighted by molar-refractivity contribution is 7.89. The van der Waals surface area contributed by atoms with Crippen LogP contribution in [0.1, 0.15) is 18.9 Å². The fraction of sp³-hybridized carbons (Fsp3) is 0.364. The lowest BCUT2D eigenvalue weighted by molar-refractivity contribution is 0.567. The first-order valence-electron chi connectivity index (χ1n) is 5.40. The molecule has 4 N–H and O–H groups in total. The highest BCUT2D eigenvalue weighted by atomic mass is 32.2. The molecule has 0 saturated heterocycles. The van der Waals surface area contributed by atoms with Crippen molar-refractivity contribution in [2.45, 2.75) is 31.2 Å². The third kappa shape index (κ3) is 3.27. The molecule has 0 aliphatic rings. The van der Waals surface area contributed by atoms with E-state index in [2.05, 4.69) is 4.72 Å². The lowest BCUT2D eigenvalue weighted by Gasteiger charge is -2.16. The van der Waals surface area contributed by atoms with Crippen LogP contribution in [0.5, 0.6) is 0 Å². The average molecular weight is 273 g/mol. The number of benzene rings is 1. The maximum absolute atomic E-state index is 13.1. The van der Waals surface area contributed by atoms with Gasteiger partial charge in [-0.25, -0.2) is 17.5 Å². The SMILES string of the molecule is CCC(NS(=O)(=O)c1cc(F)ccc1C)C(=N)N. The first-order chi connectivity index (χ1) is 8.27. The zero-order valence-electron chi connectivity index (χ0n) is 10.2. The predicted molar refractivity (Wildman–Crippen MR) is 67.5 cm³/mol. The summed E-state index contributed by atoms with van der Waals surface area (Å²) in [5, 5.41) is 7.27. The molecule has 0 fully saturated rings. The Morgan fingerprint density at radius 2 is 2.17 bits per heavy atom. The zero-order valence-corrected chi connectivity index (χ0v) is 11.0. The quantitative estimate of drug-likeness (QED) is 0.554. The van der Waals surface area contributed by atoms with Gasteiger partial charge in [-0.1, -0.05) is 13.0 Å². The van der Waals surface area contributed by atoms with Crippen molar-refractivity contribution in [3.63, 3.8) is 0 Å². The number of amidine groups is 1. The van der Waals surface area contributed by atoms with Crippen LogP contribution in [0.2, 0.25) is 0 Å². The number of halogens is 1. The lowest BCUT2D eigenvalue weighted by Crippen LogP contribution is -2.43. The number of nitrogens with one attached hydrogen (secondary N) is 2. The van der Waals surface area contributed by atoms with E-state index in [0.29, 0.717) is 12.0 Å². The van der Waals surface area contributed by atoms with E-state index in [1.807, 2.05) is 0 Å². The van der Waals surface area contributed by atoms with Crippen LogP contribution in [0.4, 0.5) is 4.39 Å². The van der Waals surface area contributed by atoms with Crippen molar-refractivity contribution in [1.82, 2.24) is 4.72 Å². The summed E-state index contributed by atoms with van der Waals surface area (Å²) >= 11 is 0. The Morgan fingerprint density at radius 3 is 2.67 bits per heavy atom. The molecular weight excluding hydrogens is 257 g/mol. The van der Waals surface area contributed by atoms with Gasteiger partial charge < -0.3 is 5.73 Å². The zero-order chi connectivity index (χ0) is 13.9. The second-order valence-corrected chi connectivity index (χ2v) is 5.63. The molecule has 7 heteroatoms. The molecule has 0 aliphatic heterocycles. The molecular formula is C11H16FN3O2S. The van der Waals surface area contributed by atoms with Crippen LogP contribution in [0.3, 0.4) is 0 Å². The van der Waals surface area contributed by atoms with Crippen LogP contribution >= 0.6 is 0 Å². The third-order valence-corrected chi connectivity index (χ3v) is 4.13. The molecule has 0 radical (unpaired) electrons.